The quantitative estimate of drug-likeness (QED) is 0.348. The number of anilines is 1. The number of fused-ring (bicyclic) bond motifs is 5. The third-order valence-corrected chi connectivity index (χ3v) is 7.80. The Morgan fingerprint density at radius 3 is 2.73 bits per heavy atom. The average molecular weight is 501 g/mol. The van der Waals surface area contributed by atoms with Gasteiger partial charge in [0.2, 0.25) is 0 Å². The predicted octanol–water partition coefficient (Wildman–Crippen LogP) is 4.34. The van der Waals surface area contributed by atoms with Crippen LogP contribution in [0.3, 0.4) is 0 Å². The minimum Gasteiger partial charge on any atom is -0.395 e. The van der Waals surface area contributed by atoms with Gasteiger partial charge in [-0.05, 0) is 65.8 Å². The highest BCUT2D eigenvalue weighted by atomic mass is 19.1. The second-order valence-corrected chi connectivity index (χ2v) is 10.6. The van der Waals surface area contributed by atoms with Gasteiger partial charge in [-0.25, -0.2) is 14.1 Å². The van der Waals surface area contributed by atoms with Crippen molar-refractivity contribution < 1.29 is 9.50 Å². The lowest BCUT2D eigenvalue weighted by Gasteiger charge is -2.23. The molecule has 1 fully saturated rings. The Hall–Kier alpha value is -3.49. The van der Waals surface area contributed by atoms with E-state index in [-0.39, 0.29) is 18.5 Å². The van der Waals surface area contributed by atoms with E-state index in [1.54, 1.807) is 6.33 Å². The maximum absolute atomic E-state index is 13.5. The number of aliphatic hydroxyl groups excluding tert-OH is 1. The molecule has 0 amide bonds. The normalized spacial score (nSPS) is 17.4. The summed E-state index contributed by atoms with van der Waals surface area (Å²) in [5, 5.41) is 17.7. The summed E-state index contributed by atoms with van der Waals surface area (Å²) in [6, 6.07) is 15.5. The number of aliphatic hydroxyl groups is 1. The second kappa shape index (κ2) is 9.76. The molecule has 4 heterocycles. The molecule has 4 aromatic rings. The zero-order chi connectivity index (χ0) is 25.5. The molecule has 2 atom stereocenters. The zero-order valence-electron chi connectivity index (χ0n) is 21.3. The van der Waals surface area contributed by atoms with Crippen molar-refractivity contribution in [2.45, 2.75) is 32.9 Å². The van der Waals surface area contributed by atoms with E-state index in [1.165, 1.54) is 23.4 Å². The van der Waals surface area contributed by atoms with Gasteiger partial charge in [-0.3, -0.25) is 0 Å². The molecular weight excluding hydrogens is 467 g/mol. The monoisotopic (exact) mass is 500 g/mol. The Labute approximate surface area is 216 Å². The molecule has 2 aliphatic rings. The molecule has 7 nitrogen and oxygen atoms in total. The molecule has 192 valence electrons. The van der Waals surface area contributed by atoms with E-state index in [0.717, 1.165) is 54.4 Å². The molecular formula is C29H33FN6O. The lowest BCUT2D eigenvalue weighted by Crippen LogP contribution is -2.40. The van der Waals surface area contributed by atoms with E-state index in [0.29, 0.717) is 18.4 Å². The van der Waals surface area contributed by atoms with E-state index < -0.39 is 0 Å². The maximum Gasteiger partial charge on any atom is 0.179 e. The number of nitrogens with zero attached hydrogens (tertiary/aromatic N) is 5. The Balaban J connectivity index is 1.26. The highest BCUT2D eigenvalue weighted by molar-refractivity contribution is 5.71. The van der Waals surface area contributed by atoms with Crippen LogP contribution in [-0.4, -0.2) is 56.7 Å². The lowest BCUT2D eigenvalue weighted by molar-refractivity contribution is 0.206. The van der Waals surface area contributed by atoms with Gasteiger partial charge in [0.25, 0.3) is 0 Å². The average Bonchev–Trinajstić information content (AvgIpc) is 3.63. The van der Waals surface area contributed by atoms with Gasteiger partial charge in [0, 0.05) is 49.7 Å². The first-order valence-corrected chi connectivity index (χ1v) is 13.1. The molecule has 0 bridgehead atoms. The summed E-state index contributed by atoms with van der Waals surface area (Å²) in [6.07, 6.45) is 4.85. The smallest absolute Gasteiger partial charge is 0.179 e. The Morgan fingerprint density at radius 2 is 1.95 bits per heavy atom. The van der Waals surface area contributed by atoms with Gasteiger partial charge in [-0.1, -0.05) is 26.0 Å². The molecule has 2 aromatic heterocycles. The van der Waals surface area contributed by atoms with Crippen molar-refractivity contribution >= 4 is 5.69 Å². The number of rotatable bonds is 7. The molecule has 2 aliphatic heterocycles. The van der Waals surface area contributed by atoms with Gasteiger partial charge in [0.05, 0.1) is 18.0 Å². The zero-order valence-corrected chi connectivity index (χ0v) is 21.3. The van der Waals surface area contributed by atoms with E-state index in [4.69, 9.17) is 0 Å². The van der Waals surface area contributed by atoms with Crippen LogP contribution < -0.4 is 10.2 Å². The van der Waals surface area contributed by atoms with Crippen molar-refractivity contribution in [1.82, 2.24) is 24.6 Å². The van der Waals surface area contributed by atoms with Gasteiger partial charge < -0.3 is 19.9 Å². The molecule has 1 saturated heterocycles. The maximum atomic E-state index is 13.5. The van der Waals surface area contributed by atoms with Crippen LogP contribution in [0.25, 0.3) is 28.3 Å². The third kappa shape index (κ3) is 4.55. The van der Waals surface area contributed by atoms with Crippen molar-refractivity contribution in [1.29, 1.82) is 0 Å². The summed E-state index contributed by atoms with van der Waals surface area (Å²) in [4.78, 5) is 7.04. The first kappa shape index (κ1) is 23.9. The molecule has 0 saturated carbocycles. The minimum absolute atomic E-state index is 0.147. The van der Waals surface area contributed by atoms with Crippen LogP contribution in [0.1, 0.15) is 25.8 Å². The summed E-state index contributed by atoms with van der Waals surface area (Å²) in [7, 11) is 0. The molecule has 0 spiro atoms. The standard InChI is InChI=1S/C29H33FN6O/c1-19(2)26(17-37)31-13-20-9-10-34(14-20)25-7-8-27-23(11-25)16-35-15-22(21-3-5-24(30)6-4-21)12-28(35)29-32-18-33-36(27)29/h3-8,11-12,15,18-20,26,31,37H,9-10,13-14,16-17H2,1-2H3/t20-,26+/m1/s1. The molecule has 2 aromatic carbocycles. The highest BCUT2D eigenvalue weighted by Crippen LogP contribution is 2.35. The molecule has 0 aliphatic carbocycles. The number of aromatic nitrogens is 4. The molecule has 0 unspecified atom stereocenters. The molecule has 2 N–H and O–H groups in total. The highest BCUT2D eigenvalue weighted by Gasteiger charge is 2.26. The fourth-order valence-corrected chi connectivity index (χ4v) is 5.57. The van der Waals surface area contributed by atoms with E-state index >= 15 is 0 Å². The fourth-order valence-electron chi connectivity index (χ4n) is 5.57. The van der Waals surface area contributed by atoms with Crippen LogP contribution in [0.2, 0.25) is 0 Å². The largest absolute Gasteiger partial charge is 0.395 e. The molecule has 37 heavy (non-hydrogen) atoms. The Bertz CT molecular complexity index is 1390. The first-order valence-electron chi connectivity index (χ1n) is 13.1. The molecule has 6 rings (SSSR count). The second-order valence-electron chi connectivity index (χ2n) is 10.6. The summed E-state index contributed by atoms with van der Waals surface area (Å²) < 4.78 is 17.6. The van der Waals surface area contributed by atoms with E-state index in [2.05, 4.69) is 69.2 Å². The fraction of sp³-hybridized carbons (Fsp3) is 0.379. The van der Waals surface area contributed by atoms with Gasteiger partial charge in [0.15, 0.2) is 5.82 Å². The van der Waals surface area contributed by atoms with Crippen molar-refractivity contribution in [3.63, 3.8) is 0 Å². The van der Waals surface area contributed by atoms with Gasteiger partial charge in [0.1, 0.15) is 12.1 Å². The number of nitrogens with one attached hydrogen (secondary N) is 1. The lowest BCUT2D eigenvalue weighted by atomic mass is 10.0. The first-order chi connectivity index (χ1) is 18.0. The third-order valence-electron chi connectivity index (χ3n) is 7.80. The minimum atomic E-state index is -0.237. The van der Waals surface area contributed by atoms with E-state index in [9.17, 15) is 9.50 Å². The van der Waals surface area contributed by atoms with Crippen LogP contribution in [0.15, 0.2) is 61.1 Å². The summed E-state index contributed by atoms with van der Waals surface area (Å²) in [6.45, 7) is 8.11. The SMILES string of the molecule is CC(C)[C@H](CO)NC[C@H]1CCN(c2ccc3c(c2)Cn2cc(-c4ccc(F)cc4)cc2-c2ncnn2-3)C1. The van der Waals surface area contributed by atoms with Crippen LogP contribution in [-0.2, 0) is 6.54 Å². The Morgan fingerprint density at radius 1 is 1.11 bits per heavy atom. The van der Waals surface area contributed by atoms with Crippen LogP contribution >= 0.6 is 0 Å². The van der Waals surface area contributed by atoms with Crippen molar-refractivity contribution in [2.75, 3.05) is 31.1 Å². The van der Waals surface area contributed by atoms with Gasteiger partial charge in [-0.2, -0.15) is 5.10 Å². The topological polar surface area (TPSA) is 71.1 Å². The number of halogens is 1. The number of benzene rings is 2. The summed E-state index contributed by atoms with van der Waals surface area (Å²) in [5.41, 5.74) is 6.45. The van der Waals surface area contributed by atoms with Crippen molar-refractivity contribution in [2.24, 2.45) is 11.8 Å². The Kier molecular flexibility index (Phi) is 6.30. The molecule has 0 radical (unpaired) electrons. The van der Waals surface area contributed by atoms with Gasteiger partial charge in [-0.15, -0.1) is 0 Å². The number of hydrogen-bond acceptors (Lipinski definition) is 5. The summed E-state index contributed by atoms with van der Waals surface area (Å²) >= 11 is 0. The van der Waals surface area contributed by atoms with Crippen molar-refractivity contribution in [3.05, 3.63) is 72.4 Å². The van der Waals surface area contributed by atoms with E-state index in [1.807, 2.05) is 16.8 Å². The van der Waals surface area contributed by atoms with Crippen LogP contribution in [0.5, 0.6) is 0 Å². The van der Waals surface area contributed by atoms with Crippen molar-refractivity contribution in [3.8, 4) is 28.3 Å². The predicted molar refractivity (Wildman–Crippen MR) is 143 cm³/mol. The van der Waals surface area contributed by atoms with Crippen LogP contribution in [0, 0.1) is 17.7 Å². The summed E-state index contributed by atoms with van der Waals surface area (Å²) in [5.74, 6) is 1.54. The number of hydrogen-bond donors (Lipinski definition) is 2. The van der Waals surface area contributed by atoms with Crippen LogP contribution in [0.4, 0.5) is 10.1 Å². The van der Waals surface area contributed by atoms with Gasteiger partial charge >= 0.3 is 0 Å². The molecule has 8 heteroatoms.